The van der Waals surface area contributed by atoms with E-state index >= 15 is 0 Å². The molecule has 0 unspecified atom stereocenters. The third-order valence-corrected chi connectivity index (χ3v) is 9.48. The van der Waals surface area contributed by atoms with E-state index in [-0.39, 0.29) is 128 Å². The number of nitrogens with two attached hydrogens (primary N) is 3. The molecule has 0 saturated heterocycles. The number of anilines is 4. The van der Waals surface area contributed by atoms with Gasteiger partial charge in [-0.15, -0.1) is 12.4 Å². The van der Waals surface area contributed by atoms with Crippen LogP contribution in [-0.4, -0.2) is 66.7 Å². The Morgan fingerprint density at radius 3 is 1.49 bits per heavy atom. The lowest BCUT2D eigenvalue weighted by Gasteiger charge is -2.17. The lowest BCUT2D eigenvalue weighted by molar-refractivity contribution is -0.120. The van der Waals surface area contributed by atoms with Crippen LogP contribution in [0.2, 0.25) is 0 Å². The summed E-state index contributed by atoms with van der Waals surface area (Å²) in [7, 11) is 0. The SMILES string of the molecule is Cl.NCC(=O)C1CC1.Nc1nc(C(=O)CCC(=O)C2CC2)nc2c1CC(=O)N2Cc1ccccc1.Nc1nc(C(=O)O)nc2c1CC(=O)N2Cc1ccccc1.[H-].[I-]. The fourth-order valence-corrected chi connectivity index (χ4v) is 6.10. The number of hydrogen-bond donors (Lipinski definition) is 4. The third-order valence-electron chi connectivity index (χ3n) is 9.48. The van der Waals surface area contributed by atoms with Gasteiger partial charge >= 0.3 is 5.97 Å². The first-order valence-electron chi connectivity index (χ1n) is 18.0. The van der Waals surface area contributed by atoms with Crippen molar-refractivity contribution in [1.82, 2.24) is 19.9 Å². The molecule has 16 nitrogen and oxygen atoms in total. The van der Waals surface area contributed by atoms with Crippen LogP contribution in [0.5, 0.6) is 0 Å². The number of ketones is 3. The number of nitrogen functional groups attached to an aromatic ring is 2. The summed E-state index contributed by atoms with van der Waals surface area (Å²) in [6.45, 7) is 0.920. The minimum absolute atomic E-state index is 0. The van der Waals surface area contributed by atoms with E-state index in [9.17, 15) is 28.8 Å². The number of carbonyl (C=O) groups excluding carboxylic acids is 5. The lowest BCUT2D eigenvalue weighted by Crippen LogP contribution is -3.00. The monoisotopic (exact) mass is 911 g/mol. The van der Waals surface area contributed by atoms with Crippen LogP contribution in [0.3, 0.4) is 0 Å². The third kappa shape index (κ3) is 11.1. The smallest absolute Gasteiger partial charge is 0.374 e. The van der Waals surface area contributed by atoms with Crippen molar-refractivity contribution in [2.45, 2.75) is 64.5 Å². The highest BCUT2D eigenvalue weighted by Gasteiger charge is 2.35. The molecule has 2 amide bonds. The van der Waals surface area contributed by atoms with Gasteiger partial charge in [-0.3, -0.25) is 33.8 Å². The van der Waals surface area contributed by atoms with E-state index in [1.165, 1.54) is 9.80 Å². The summed E-state index contributed by atoms with van der Waals surface area (Å²) in [6.07, 6.45) is 4.50. The van der Waals surface area contributed by atoms with Crippen LogP contribution in [0.4, 0.5) is 23.3 Å². The maximum atomic E-state index is 12.5. The summed E-state index contributed by atoms with van der Waals surface area (Å²) < 4.78 is 0. The van der Waals surface area contributed by atoms with Crippen LogP contribution in [0.15, 0.2) is 60.7 Å². The Bertz CT molecular complexity index is 2160. The van der Waals surface area contributed by atoms with E-state index in [1.807, 2.05) is 60.7 Å². The molecule has 2 aromatic carbocycles. The highest BCUT2D eigenvalue weighted by Crippen LogP contribution is 2.34. The zero-order valence-corrected chi connectivity index (χ0v) is 33.8. The molecule has 8 rings (SSSR count). The van der Waals surface area contributed by atoms with Crippen molar-refractivity contribution in [3.63, 3.8) is 0 Å². The predicted octanol–water partition coefficient (Wildman–Crippen LogP) is 0.399. The van der Waals surface area contributed by atoms with Crippen molar-refractivity contribution in [3.05, 3.63) is 94.6 Å². The number of hydrogen-bond acceptors (Lipinski definition) is 13. The second-order valence-electron chi connectivity index (χ2n) is 13.7. The molecule has 7 N–H and O–H groups in total. The minimum Gasteiger partial charge on any atom is -1.00 e. The van der Waals surface area contributed by atoms with Crippen molar-refractivity contribution < 1.29 is 59.3 Å². The van der Waals surface area contributed by atoms with Crippen molar-refractivity contribution >= 4 is 70.8 Å². The molecule has 4 aromatic rings. The molecular formula is C39H43ClIN9O7-2. The average molecular weight is 912 g/mol. The number of Topliss-reactive ketones (excluding diaryl/α,β-unsaturated/α-hetero) is 3. The number of rotatable bonds is 12. The molecule has 4 aliphatic rings. The first-order chi connectivity index (χ1) is 26.4. The topological polar surface area (TPSA) is 259 Å². The molecular weight excluding hydrogens is 869 g/mol. The molecule has 18 heteroatoms. The molecule has 0 spiro atoms. The Hall–Kier alpha value is -5.40. The standard InChI is InChI=1S/C20H20N4O3.C14H12N4O3.C5H9NO.ClH.HI.H/c21-18-14-10-17(27)24(11-12-4-2-1-3-5-12)20(14)23-19(22-18)16(26)9-8-15(25)13-6-7-13;15-11-9-6-10(19)18(7-8-4-2-1-3-5-8)13(9)17-12(16-11)14(20)21;6-3-5(7)4-1-2-4;;;/h1-5,13H,6-11H2,(H2,21,22,23);1-5H,6-7H2,(H,20,21)(H2,15,16,17);4H,1-3,6H2;2*1H;/q;;;;;-1/p-1. The van der Waals surface area contributed by atoms with E-state index in [0.717, 1.165) is 36.8 Å². The number of carbonyl (C=O) groups is 6. The van der Waals surface area contributed by atoms with Gasteiger partial charge in [0.1, 0.15) is 34.8 Å². The van der Waals surface area contributed by atoms with E-state index < -0.39 is 11.8 Å². The fraction of sp³-hybridized carbons (Fsp3) is 0.333. The highest BCUT2D eigenvalue weighted by atomic mass is 127. The molecule has 4 heterocycles. The molecule has 0 atom stereocenters. The van der Waals surface area contributed by atoms with Crippen LogP contribution < -0.4 is 51.0 Å². The van der Waals surface area contributed by atoms with Gasteiger partial charge in [-0.2, -0.15) is 0 Å². The summed E-state index contributed by atoms with van der Waals surface area (Å²) in [4.78, 5) is 89.4. The number of nitrogens with zero attached hydrogens (tertiary/aromatic N) is 6. The Morgan fingerprint density at radius 2 is 1.09 bits per heavy atom. The zero-order chi connectivity index (χ0) is 39.2. The van der Waals surface area contributed by atoms with Gasteiger partial charge in [0, 0.05) is 35.8 Å². The molecule has 2 aliphatic carbocycles. The summed E-state index contributed by atoms with van der Waals surface area (Å²) in [5.74, 6) is -0.598. The molecule has 302 valence electrons. The van der Waals surface area contributed by atoms with Crippen molar-refractivity contribution in [2.75, 3.05) is 27.8 Å². The summed E-state index contributed by atoms with van der Waals surface area (Å²) in [5, 5.41) is 9.00. The molecule has 2 saturated carbocycles. The summed E-state index contributed by atoms with van der Waals surface area (Å²) in [5.41, 5.74) is 19.7. The molecule has 2 fully saturated rings. The number of aromatic carboxylic acids is 1. The van der Waals surface area contributed by atoms with Crippen LogP contribution >= 0.6 is 12.4 Å². The second kappa shape index (κ2) is 19.6. The van der Waals surface area contributed by atoms with Crippen molar-refractivity contribution in [2.24, 2.45) is 17.6 Å². The quantitative estimate of drug-likeness (QED) is 0.111. The Labute approximate surface area is 352 Å². The predicted molar refractivity (Wildman–Crippen MR) is 209 cm³/mol. The zero-order valence-electron chi connectivity index (χ0n) is 31.8. The number of fused-ring (bicyclic) bond motifs is 2. The largest absolute Gasteiger partial charge is 1.00 e. The number of amides is 2. The summed E-state index contributed by atoms with van der Waals surface area (Å²) >= 11 is 0. The van der Waals surface area contributed by atoms with Gasteiger partial charge in [-0.1, -0.05) is 60.7 Å². The second-order valence-corrected chi connectivity index (χ2v) is 13.7. The summed E-state index contributed by atoms with van der Waals surface area (Å²) in [6, 6.07) is 18.9. The highest BCUT2D eigenvalue weighted by molar-refractivity contribution is 6.04. The van der Waals surface area contributed by atoms with Crippen molar-refractivity contribution in [1.29, 1.82) is 0 Å². The van der Waals surface area contributed by atoms with E-state index in [4.69, 9.17) is 22.3 Å². The molecule has 2 aromatic heterocycles. The van der Waals surface area contributed by atoms with Crippen LogP contribution in [0, 0.1) is 11.8 Å². The number of carboxylic acids is 1. The van der Waals surface area contributed by atoms with Gasteiger partial charge in [0.25, 0.3) is 0 Å². The minimum atomic E-state index is -1.27. The average Bonchev–Trinajstić information content (AvgIpc) is 4.13. The molecule has 0 bridgehead atoms. The van der Waals surface area contributed by atoms with E-state index in [1.54, 1.807) is 0 Å². The number of benzene rings is 2. The van der Waals surface area contributed by atoms with Gasteiger partial charge in [0.2, 0.25) is 23.4 Å². The van der Waals surface area contributed by atoms with E-state index in [2.05, 4.69) is 19.9 Å². The fourth-order valence-electron chi connectivity index (χ4n) is 6.10. The van der Waals surface area contributed by atoms with Crippen LogP contribution in [0.25, 0.3) is 0 Å². The maximum Gasteiger partial charge on any atom is 0.374 e. The maximum absolute atomic E-state index is 12.5. The number of carboxylic acid groups (broad SMARTS) is 1. The Morgan fingerprint density at radius 1 is 0.667 bits per heavy atom. The normalized spacial score (nSPS) is 14.8. The number of halogens is 2. The Kier molecular flexibility index (Phi) is 15.3. The number of aromatic nitrogens is 4. The van der Waals surface area contributed by atoms with Gasteiger partial charge < -0.3 is 47.7 Å². The van der Waals surface area contributed by atoms with Crippen LogP contribution in [0.1, 0.15) is 83.4 Å². The molecule has 57 heavy (non-hydrogen) atoms. The van der Waals surface area contributed by atoms with Crippen molar-refractivity contribution in [3.8, 4) is 0 Å². The van der Waals surface area contributed by atoms with Gasteiger partial charge in [0.15, 0.2) is 5.82 Å². The van der Waals surface area contributed by atoms with Gasteiger partial charge in [0.05, 0.1) is 32.5 Å². The Balaban J connectivity index is 0.000000259. The van der Waals surface area contributed by atoms with Crippen LogP contribution in [-0.2, 0) is 45.1 Å². The molecule has 2 aliphatic heterocycles. The first-order valence-corrected chi connectivity index (χ1v) is 18.0. The van der Waals surface area contributed by atoms with E-state index in [0.29, 0.717) is 36.0 Å². The van der Waals surface area contributed by atoms with Gasteiger partial charge in [-0.05, 0) is 36.8 Å². The molecule has 0 radical (unpaired) electrons. The lowest BCUT2D eigenvalue weighted by atomic mass is 10.1. The van der Waals surface area contributed by atoms with Gasteiger partial charge in [-0.25, -0.2) is 24.7 Å². The first kappa shape index (κ1) is 44.3.